The van der Waals surface area contributed by atoms with Crippen molar-refractivity contribution in [2.75, 3.05) is 23.3 Å². The van der Waals surface area contributed by atoms with E-state index in [9.17, 15) is 9.59 Å². The molecule has 2 aliphatic carbocycles. The second-order valence-electron chi connectivity index (χ2n) is 6.66. The highest BCUT2D eigenvalue weighted by molar-refractivity contribution is 6.04. The molecule has 0 bridgehead atoms. The van der Waals surface area contributed by atoms with E-state index in [4.69, 9.17) is 0 Å². The van der Waals surface area contributed by atoms with Crippen LogP contribution in [0.25, 0.3) is 0 Å². The number of amides is 3. The Morgan fingerprint density at radius 1 is 1.29 bits per heavy atom. The molecule has 1 aliphatic heterocycles. The molecular weight excluding hydrogens is 306 g/mol. The van der Waals surface area contributed by atoms with E-state index < -0.39 is 0 Å². The summed E-state index contributed by atoms with van der Waals surface area (Å²) in [5.74, 6) is 1.13. The summed E-state index contributed by atoms with van der Waals surface area (Å²) in [4.78, 5) is 25.8. The fourth-order valence-corrected chi connectivity index (χ4v) is 3.80. The van der Waals surface area contributed by atoms with Gasteiger partial charge in [0.25, 0.3) is 5.91 Å². The second-order valence-corrected chi connectivity index (χ2v) is 6.66. The first-order valence-corrected chi connectivity index (χ1v) is 8.24. The Balaban J connectivity index is 1.32. The fourth-order valence-electron chi connectivity index (χ4n) is 3.80. The molecule has 3 N–H and O–H groups in total. The van der Waals surface area contributed by atoms with Crippen LogP contribution in [0.4, 0.5) is 16.2 Å². The van der Waals surface area contributed by atoms with Gasteiger partial charge in [-0.25, -0.2) is 4.79 Å². The van der Waals surface area contributed by atoms with Gasteiger partial charge in [0.15, 0.2) is 5.69 Å². The third-order valence-electron chi connectivity index (χ3n) is 5.17. The number of urea groups is 1. The number of nitrogens with one attached hydrogen (secondary N) is 3. The lowest BCUT2D eigenvalue weighted by molar-refractivity contribution is 0.102. The zero-order chi connectivity index (χ0) is 16.3. The summed E-state index contributed by atoms with van der Waals surface area (Å²) in [7, 11) is 0. The van der Waals surface area contributed by atoms with Gasteiger partial charge in [-0.05, 0) is 43.0 Å². The van der Waals surface area contributed by atoms with Crippen molar-refractivity contribution < 1.29 is 9.59 Å². The first-order chi connectivity index (χ1) is 11.7. The highest BCUT2D eigenvalue weighted by Crippen LogP contribution is 2.56. The van der Waals surface area contributed by atoms with Gasteiger partial charge in [-0.1, -0.05) is 0 Å². The van der Waals surface area contributed by atoms with Gasteiger partial charge >= 0.3 is 6.03 Å². The number of aromatic nitrogens is 2. The smallest absolute Gasteiger partial charge is 0.321 e. The molecule has 7 nitrogen and oxygen atoms in total. The number of benzene rings is 1. The van der Waals surface area contributed by atoms with Crippen LogP contribution in [0.15, 0.2) is 24.3 Å². The number of carbonyl (C=O) groups is 2. The van der Waals surface area contributed by atoms with Crippen LogP contribution in [-0.4, -0.2) is 35.2 Å². The van der Waals surface area contributed by atoms with Crippen molar-refractivity contribution in [3.63, 3.8) is 0 Å². The number of H-pyrrole nitrogens is 1. The molecule has 5 rings (SSSR count). The molecule has 0 spiro atoms. The molecule has 1 saturated heterocycles. The quantitative estimate of drug-likeness (QED) is 0.805. The number of rotatable bonds is 3. The lowest BCUT2D eigenvalue weighted by Gasteiger charge is -2.14. The normalized spacial score (nSPS) is 23.7. The van der Waals surface area contributed by atoms with E-state index in [1.54, 1.807) is 4.90 Å². The summed E-state index contributed by atoms with van der Waals surface area (Å²) in [5.41, 5.74) is 4.27. The van der Waals surface area contributed by atoms with E-state index >= 15 is 0 Å². The van der Waals surface area contributed by atoms with Crippen LogP contribution in [0, 0.1) is 5.92 Å². The molecule has 2 atom stereocenters. The minimum atomic E-state index is -0.180. The molecule has 2 fully saturated rings. The molecule has 2 aromatic rings. The van der Waals surface area contributed by atoms with E-state index in [1.807, 2.05) is 24.3 Å². The molecule has 2 heterocycles. The van der Waals surface area contributed by atoms with Crippen molar-refractivity contribution in [3.05, 3.63) is 41.2 Å². The maximum Gasteiger partial charge on any atom is 0.321 e. The summed E-state index contributed by atoms with van der Waals surface area (Å²) >= 11 is 0. The van der Waals surface area contributed by atoms with Crippen molar-refractivity contribution >= 4 is 23.3 Å². The van der Waals surface area contributed by atoms with Gasteiger partial charge in [0, 0.05) is 41.6 Å². The number of hydrogen-bond donors (Lipinski definition) is 3. The Morgan fingerprint density at radius 2 is 2.12 bits per heavy atom. The fraction of sp³-hybridized carbons (Fsp3) is 0.353. The van der Waals surface area contributed by atoms with Crippen LogP contribution >= 0.6 is 0 Å². The average molecular weight is 323 g/mol. The first kappa shape index (κ1) is 13.6. The van der Waals surface area contributed by atoms with Crippen LogP contribution in [0.5, 0.6) is 0 Å². The maximum atomic E-state index is 12.5. The molecule has 24 heavy (non-hydrogen) atoms. The van der Waals surface area contributed by atoms with E-state index in [1.165, 1.54) is 6.42 Å². The molecular formula is C17H17N5O2. The summed E-state index contributed by atoms with van der Waals surface area (Å²) in [6, 6.07) is 7.21. The Morgan fingerprint density at radius 3 is 2.88 bits per heavy atom. The largest absolute Gasteiger partial charge is 0.336 e. The number of nitrogens with zero attached hydrogens (tertiary/aromatic N) is 2. The molecule has 3 amide bonds. The third kappa shape index (κ3) is 2.01. The van der Waals surface area contributed by atoms with E-state index in [0.29, 0.717) is 36.3 Å². The lowest BCUT2D eigenvalue weighted by Crippen LogP contribution is -2.27. The predicted molar refractivity (Wildman–Crippen MR) is 88.3 cm³/mol. The molecule has 7 heteroatoms. The van der Waals surface area contributed by atoms with Crippen LogP contribution < -0.4 is 15.5 Å². The van der Waals surface area contributed by atoms with Gasteiger partial charge in [0.1, 0.15) is 0 Å². The minimum Gasteiger partial charge on any atom is -0.336 e. The SMILES string of the molecule is O=C(Nc1ccc(N2CCNC2=O)cc1)c1n[nH]c2c1C[C@H]1C[C@@H]21. The van der Waals surface area contributed by atoms with Crippen LogP contribution in [0.2, 0.25) is 0 Å². The number of hydrogen-bond acceptors (Lipinski definition) is 3. The third-order valence-corrected chi connectivity index (χ3v) is 5.17. The van der Waals surface area contributed by atoms with Crippen molar-refractivity contribution in [3.8, 4) is 0 Å². The summed E-state index contributed by atoms with van der Waals surface area (Å²) in [5, 5.41) is 12.9. The number of anilines is 2. The maximum absolute atomic E-state index is 12.5. The van der Waals surface area contributed by atoms with Crippen LogP contribution in [0.3, 0.4) is 0 Å². The van der Waals surface area contributed by atoms with E-state index in [0.717, 1.165) is 23.4 Å². The van der Waals surface area contributed by atoms with Gasteiger partial charge in [0.05, 0.1) is 0 Å². The Hall–Kier alpha value is -2.83. The Labute approximate surface area is 138 Å². The topological polar surface area (TPSA) is 90.1 Å². The molecule has 3 aliphatic rings. The molecule has 1 saturated carbocycles. The number of fused-ring (bicyclic) bond motifs is 3. The van der Waals surface area contributed by atoms with Gasteiger partial charge in [0.2, 0.25) is 0 Å². The van der Waals surface area contributed by atoms with Gasteiger partial charge in [-0.15, -0.1) is 0 Å². The summed E-state index contributed by atoms with van der Waals surface area (Å²) < 4.78 is 0. The molecule has 1 aromatic carbocycles. The molecule has 0 radical (unpaired) electrons. The van der Waals surface area contributed by atoms with Crippen molar-refractivity contribution in [2.45, 2.75) is 18.8 Å². The van der Waals surface area contributed by atoms with Gasteiger partial charge in [-0.3, -0.25) is 14.8 Å². The monoisotopic (exact) mass is 323 g/mol. The number of aromatic amines is 1. The van der Waals surface area contributed by atoms with Crippen LogP contribution in [-0.2, 0) is 6.42 Å². The van der Waals surface area contributed by atoms with Crippen LogP contribution in [0.1, 0.15) is 34.1 Å². The summed E-state index contributed by atoms with van der Waals surface area (Å²) in [6.45, 7) is 1.32. The molecule has 1 aromatic heterocycles. The second kappa shape index (κ2) is 4.83. The van der Waals surface area contributed by atoms with Crippen molar-refractivity contribution in [2.24, 2.45) is 5.92 Å². The minimum absolute atomic E-state index is 0.0857. The van der Waals surface area contributed by atoms with Gasteiger partial charge < -0.3 is 10.6 Å². The highest BCUT2D eigenvalue weighted by atomic mass is 16.2. The van der Waals surface area contributed by atoms with E-state index in [2.05, 4.69) is 20.8 Å². The Kier molecular flexibility index (Phi) is 2.74. The highest BCUT2D eigenvalue weighted by Gasteiger charge is 2.48. The molecule has 122 valence electrons. The van der Waals surface area contributed by atoms with E-state index in [-0.39, 0.29) is 11.9 Å². The zero-order valence-electron chi connectivity index (χ0n) is 13.0. The van der Waals surface area contributed by atoms with Crippen molar-refractivity contribution in [1.82, 2.24) is 15.5 Å². The predicted octanol–water partition coefficient (Wildman–Crippen LogP) is 1.85. The first-order valence-electron chi connectivity index (χ1n) is 8.24. The van der Waals surface area contributed by atoms with Crippen molar-refractivity contribution in [1.29, 1.82) is 0 Å². The zero-order valence-corrected chi connectivity index (χ0v) is 13.0. The molecule has 0 unspecified atom stereocenters. The number of carbonyl (C=O) groups excluding carboxylic acids is 2. The average Bonchev–Trinajstić information content (AvgIpc) is 2.92. The Bertz CT molecular complexity index is 841. The lowest BCUT2D eigenvalue weighted by atomic mass is 10.1. The summed E-state index contributed by atoms with van der Waals surface area (Å²) in [6.07, 6.45) is 2.18. The van der Waals surface area contributed by atoms with Gasteiger partial charge in [-0.2, -0.15) is 5.10 Å². The standard InChI is InChI=1S/C17H17N5O2/c23-16(15-13-8-9-7-12(9)14(13)20-21-15)19-10-1-3-11(4-2-10)22-6-5-18-17(22)24/h1-4,9,12H,5-8H2,(H,18,24)(H,19,23)(H,20,21)/t9-,12-/m1/s1.